The number of nitro groups is 1. The number of para-hydroxylation sites is 1. The van der Waals surface area contributed by atoms with E-state index in [-0.39, 0.29) is 10.6 Å². The number of hydrogen-bond acceptors (Lipinski definition) is 5. The molecule has 2 aromatic rings. The summed E-state index contributed by atoms with van der Waals surface area (Å²) in [7, 11) is 3.87. The number of pyridine rings is 1. The summed E-state index contributed by atoms with van der Waals surface area (Å²) >= 11 is 0. The van der Waals surface area contributed by atoms with E-state index < -0.39 is 0 Å². The van der Waals surface area contributed by atoms with Crippen LogP contribution in [0.1, 0.15) is 5.56 Å². The maximum atomic E-state index is 11.0. The van der Waals surface area contributed by atoms with E-state index in [1.165, 1.54) is 6.07 Å². The van der Waals surface area contributed by atoms with Crippen LogP contribution in [0, 0.1) is 10.1 Å². The Kier molecular flexibility index (Phi) is 4.14. The van der Waals surface area contributed by atoms with Gasteiger partial charge in [-0.2, -0.15) is 0 Å². The fourth-order valence-electron chi connectivity index (χ4n) is 1.94. The van der Waals surface area contributed by atoms with Crippen molar-refractivity contribution in [1.82, 2.24) is 4.98 Å². The Balaban J connectivity index is 2.20. The highest BCUT2D eigenvalue weighted by molar-refractivity contribution is 5.68. The van der Waals surface area contributed by atoms with Crippen LogP contribution in [-0.4, -0.2) is 24.0 Å². The third kappa shape index (κ3) is 3.03. The molecular weight excluding hydrogens is 256 g/mol. The highest BCUT2D eigenvalue weighted by Gasteiger charge is 2.12. The van der Waals surface area contributed by atoms with Gasteiger partial charge in [-0.25, -0.2) is 0 Å². The first kappa shape index (κ1) is 13.8. The summed E-state index contributed by atoms with van der Waals surface area (Å²) in [6.45, 7) is 0.379. The fraction of sp³-hybridized carbons (Fsp3) is 0.214. The Hall–Kier alpha value is -2.63. The standard InChI is InChI=1S/C14H16N4O2/c1-17(2)14-7-8-15-10-12(14)16-9-11-5-3-4-6-13(11)18(19)20/h3-8,10,16H,9H2,1-2H3. The predicted octanol–water partition coefficient (Wildman–Crippen LogP) is 2.67. The normalized spacial score (nSPS) is 10.1. The van der Waals surface area contributed by atoms with Crippen molar-refractivity contribution in [2.45, 2.75) is 6.54 Å². The van der Waals surface area contributed by atoms with E-state index in [1.54, 1.807) is 30.6 Å². The molecule has 0 spiro atoms. The maximum absolute atomic E-state index is 11.0. The Morgan fingerprint density at radius 3 is 2.75 bits per heavy atom. The van der Waals surface area contributed by atoms with Gasteiger partial charge in [0.1, 0.15) is 0 Å². The highest BCUT2D eigenvalue weighted by atomic mass is 16.6. The summed E-state index contributed by atoms with van der Waals surface area (Å²) in [5, 5.41) is 14.2. The Labute approximate surface area is 117 Å². The number of nitrogens with zero attached hydrogens (tertiary/aromatic N) is 3. The van der Waals surface area contributed by atoms with Gasteiger partial charge >= 0.3 is 0 Å². The number of nitrogens with one attached hydrogen (secondary N) is 1. The van der Waals surface area contributed by atoms with Crippen LogP contribution in [0.3, 0.4) is 0 Å². The smallest absolute Gasteiger partial charge is 0.274 e. The first-order chi connectivity index (χ1) is 9.59. The summed E-state index contributed by atoms with van der Waals surface area (Å²) in [5.41, 5.74) is 2.59. The molecule has 0 bridgehead atoms. The fourth-order valence-corrected chi connectivity index (χ4v) is 1.94. The summed E-state index contributed by atoms with van der Waals surface area (Å²) < 4.78 is 0. The van der Waals surface area contributed by atoms with Crippen molar-refractivity contribution < 1.29 is 4.92 Å². The van der Waals surface area contributed by atoms with E-state index in [0.717, 1.165) is 11.4 Å². The van der Waals surface area contributed by atoms with E-state index in [1.807, 2.05) is 25.1 Å². The van der Waals surface area contributed by atoms with E-state index in [0.29, 0.717) is 12.1 Å². The van der Waals surface area contributed by atoms with Gasteiger partial charge in [0, 0.05) is 38.5 Å². The van der Waals surface area contributed by atoms with Crippen molar-refractivity contribution >= 4 is 17.1 Å². The lowest BCUT2D eigenvalue weighted by Gasteiger charge is -2.17. The average Bonchev–Trinajstić information content (AvgIpc) is 2.45. The topological polar surface area (TPSA) is 71.3 Å². The van der Waals surface area contributed by atoms with Crippen LogP contribution >= 0.6 is 0 Å². The number of nitro benzene ring substituents is 1. The predicted molar refractivity (Wildman–Crippen MR) is 79.0 cm³/mol. The zero-order valence-corrected chi connectivity index (χ0v) is 11.4. The van der Waals surface area contributed by atoms with Gasteiger partial charge in [0.05, 0.1) is 22.5 Å². The number of rotatable bonds is 5. The molecule has 0 atom stereocenters. The van der Waals surface area contributed by atoms with Crippen LogP contribution in [0.15, 0.2) is 42.7 Å². The molecule has 0 radical (unpaired) electrons. The lowest BCUT2D eigenvalue weighted by Crippen LogP contribution is -2.12. The molecular formula is C14H16N4O2. The molecule has 0 aliphatic heterocycles. The van der Waals surface area contributed by atoms with Crippen molar-refractivity contribution in [3.05, 3.63) is 58.4 Å². The van der Waals surface area contributed by atoms with Gasteiger partial charge in [-0.15, -0.1) is 0 Å². The van der Waals surface area contributed by atoms with E-state index in [4.69, 9.17) is 0 Å². The van der Waals surface area contributed by atoms with Crippen molar-refractivity contribution in [3.8, 4) is 0 Å². The van der Waals surface area contributed by atoms with Gasteiger partial charge in [0.15, 0.2) is 0 Å². The lowest BCUT2D eigenvalue weighted by molar-refractivity contribution is -0.385. The third-order valence-corrected chi connectivity index (χ3v) is 2.94. The second-order valence-corrected chi connectivity index (χ2v) is 4.53. The van der Waals surface area contributed by atoms with Crippen LogP contribution in [0.4, 0.5) is 17.1 Å². The highest BCUT2D eigenvalue weighted by Crippen LogP contribution is 2.24. The minimum atomic E-state index is -0.368. The van der Waals surface area contributed by atoms with Gasteiger partial charge in [0.2, 0.25) is 0 Å². The molecule has 0 saturated carbocycles. The second-order valence-electron chi connectivity index (χ2n) is 4.53. The van der Waals surface area contributed by atoms with E-state index in [2.05, 4.69) is 10.3 Å². The van der Waals surface area contributed by atoms with Gasteiger partial charge in [-0.1, -0.05) is 18.2 Å². The van der Waals surface area contributed by atoms with Crippen molar-refractivity contribution in [2.75, 3.05) is 24.3 Å². The number of benzene rings is 1. The van der Waals surface area contributed by atoms with Crippen LogP contribution < -0.4 is 10.2 Å². The van der Waals surface area contributed by atoms with E-state index in [9.17, 15) is 10.1 Å². The number of anilines is 2. The van der Waals surface area contributed by atoms with Crippen molar-refractivity contribution in [3.63, 3.8) is 0 Å². The molecule has 0 unspecified atom stereocenters. The number of aromatic nitrogens is 1. The Bertz CT molecular complexity index is 614. The van der Waals surface area contributed by atoms with Crippen LogP contribution in [0.25, 0.3) is 0 Å². The molecule has 0 amide bonds. The molecule has 0 saturated heterocycles. The summed E-state index contributed by atoms with van der Waals surface area (Å²) in [4.78, 5) is 16.6. The maximum Gasteiger partial charge on any atom is 0.274 e. The first-order valence-electron chi connectivity index (χ1n) is 6.17. The molecule has 0 aliphatic carbocycles. The first-order valence-corrected chi connectivity index (χ1v) is 6.17. The Morgan fingerprint density at radius 1 is 1.30 bits per heavy atom. The largest absolute Gasteiger partial charge is 0.378 e. The van der Waals surface area contributed by atoms with E-state index >= 15 is 0 Å². The summed E-state index contributed by atoms with van der Waals surface area (Å²) in [6.07, 6.45) is 3.43. The minimum absolute atomic E-state index is 0.121. The van der Waals surface area contributed by atoms with Crippen LogP contribution in [0.5, 0.6) is 0 Å². The zero-order valence-electron chi connectivity index (χ0n) is 11.4. The molecule has 1 heterocycles. The molecule has 6 nitrogen and oxygen atoms in total. The zero-order chi connectivity index (χ0) is 14.5. The molecule has 20 heavy (non-hydrogen) atoms. The molecule has 104 valence electrons. The third-order valence-electron chi connectivity index (χ3n) is 2.94. The van der Waals surface area contributed by atoms with Crippen molar-refractivity contribution in [1.29, 1.82) is 0 Å². The second kappa shape index (κ2) is 6.01. The van der Waals surface area contributed by atoms with Gasteiger partial charge in [-0.3, -0.25) is 15.1 Å². The van der Waals surface area contributed by atoms with Gasteiger partial charge in [0.25, 0.3) is 5.69 Å². The molecule has 1 N–H and O–H groups in total. The molecule has 0 aliphatic rings. The molecule has 0 fully saturated rings. The summed E-state index contributed by atoms with van der Waals surface area (Å²) in [6, 6.07) is 8.60. The molecule has 6 heteroatoms. The van der Waals surface area contributed by atoms with Gasteiger partial charge in [-0.05, 0) is 6.07 Å². The Morgan fingerprint density at radius 2 is 2.05 bits per heavy atom. The van der Waals surface area contributed by atoms with Crippen LogP contribution in [-0.2, 0) is 6.54 Å². The monoisotopic (exact) mass is 272 g/mol. The summed E-state index contributed by atoms with van der Waals surface area (Å²) in [5.74, 6) is 0. The SMILES string of the molecule is CN(C)c1ccncc1NCc1ccccc1[N+](=O)[O-]. The quantitative estimate of drug-likeness (QED) is 0.669. The molecule has 1 aromatic carbocycles. The molecule has 2 rings (SSSR count). The number of hydrogen-bond donors (Lipinski definition) is 1. The van der Waals surface area contributed by atoms with Crippen molar-refractivity contribution in [2.24, 2.45) is 0 Å². The van der Waals surface area contributed by atoms with Gasteiger partial charge < -0.3 is 10.2 Å². The average molecular weight is 272 g/mol. The minimum Gasteiger partial charge on any atom is -0.378 e. The van der Waals surface area contributed by atoms with Crippen LogP contribution in [0.2, 0.25) is 0 Å². The molecule has 1 aromatic heterocycles. The lowest BCUT2D eigenvalue weighted by atomic mass is 10.2.